The molecule has 2 nitrogen and oxygen atoms in total. The molecule has 0 saturated heterocycles. The summed E-state index contributed by atoms with van der Waals surface area (Å²) < 4.78 is 51.3. The summed E-state index contributed by atoms with van der Waals surface area (Å²) in [6, 6.07) is 6.46. The largest absolute Gasteiger partial charge is 0.416 e. The van der Waals surface area contributed by atoms with Gasteiger partial charge in [0.2, 0.25) is 0 Å². The topological polar surface area (TPSA) is 38.0 Å². The van der Waals surface area contributed by atoms with E-state index >= 15 is 0 Å². The summed E-state index contributed by atoms with van der Waals surface area (Å²) in [5.41, 5.74) is 4.86. The lowest BCUT2D eigenvalue weighted by atomic mass is 10.1. The third-order valence-corrected chi connectivity index (χ3v) is 2.81. The number of nitrogens with two attached hydrogens (primary N) is 1. The summed E-state index contributed by atoms with van der Waals surface area (Å²) >= 11 is 5.71. The molecular formula is C13H9ClF4N2. The minimum absolute atomic E-state index is 0.203. The van der Waals surface area contributed by atoms with Crippen molar-refractivity contribution < 1.29 is 17.6 Å². The van der Waals surface area contributed by atoms with E-state index in [1.807, 2.05) is 0 Å². The number of hydrogen-bond acceptors (Lipinski definition) is 2. The van der Waals surface area contributed by atoms with E-state index in [9.17, 15) is 17.6 Å². The molecular weight excluding hydrogens is 296 g/mol. The first-order valence-corrected chi connectivity index (χ1v) is 5.84. The average Bonchev–Trinajstić information content (AvgIpc) is 2.33. The number of nitrogens with one attached hydrogen (secondary N) is 1. The van der Waals surface area contributed by atoms with Crippen LogP contribution in [0.15, 0.2) is 36.4 Å². The summed E-state index contributed by atoms with van der Waals surface area (Å²) in [6.07, 6.45) is -4.55. The summed E-state index contributed by atoms with van der Waals surface area (Å²) in [4.78, 5) is 0. The minimum atomic E-state index is -4.55. The first-order valence-electron chi connectivity index (χ1n) is 5.46. The van der Waals surface area contributed by atoms with Gasteiger partial charge in [-0.2, -0.15) is 13.2 Å². The van der Waals surface area contributed by atoms with Crippen molar-refractivity contribution in [1.29, 1.82) is 0 Å². The Bertz CT molecular complexity index is 641. The monoisotopic (exact) mass is 304 g/mol. The average molecular weight is 305 g/mol. The molecule has 2 rings (SSSR count). The van der Waals surface area contributed by atoms with Gasteiger partial charge in [0.1, 0.15) is 5.82 Å². The Morgan fingerprint density at radius 2 is 1.70 bits per heavy atom. The molecule has 0 heterocycles. The molecule has 0 spiro atoms. The van der Waals surface area contributed by atoms with E-state index in [1.54, 1.807) is 0 Å². The van der Waals surface area contributed by atoms with E-state index in [0.29, 0.717) is 17.2 Å². The van der Waals surface area contributed by atoms with Crippen LogP contribution in [0, 0.1) is 5.82 Å². The second-order valence-electron chi connectivity index (χ2n) is 4.05. The highest BCUT2D eigenvalue weighted by atomic mass is 35.5. The zero-order valence-electron chi connectivity index (χ0n) is 9.93. The third-order valence-electron chi connectivity index (χ3n) is 2.58. The van der Waals surface area contributed by atoms with E-state index in [-0.39, 0.29) is 17.1 Å². The number of alkyl halides is 3. The summed E-state index contributed by atoms with van der Waals surface area (Å²) in [6.45, 7) is 0. The van der Waals surface area contributed by atoms with Crippen molar-refractivity contribution in [2.24, 2.45) is 0 Å². The maximum absolute atomic E-state index is 13.6. The summed E-state index contributed by atoms with van der Waals surface area (Å²) in [7, 11) is 0. The van der Waals surface area contributed by atoms with Crippen LogP contribution in [-0.4, -0.2) is 0 Å². The number of benzene rings is 2. The SMILES string of the molecule is Nc1cc(Cl)ccc1Nc1cc(C(F)(F)F)ccc1F. The number of rotatable bonds is 2. The van der Waals surface area contributed by atoms with Crippen molar-refractivity contribution in [3.8, 4) is 0 Å². The number of hydrogen-bond donors (Lipinski definition) is 2. The standard InChI is InChI=1S/C13H9ClF4N2/c14-8-2-4-11(10(19)6-8)20-12-5-7(13(16,17)18)1-3-9(12)15/h1-6,20H,19H2. The Kier molecular flexibility index (Phi) is 3.76. The van der Waals surface area contributed by atoms with Crippen molar-refractivity contribution in [3.63, 3.8) is 0 Å². The van der Waals surface area contributed by atoms with Crippen LogP contribution in [0.25, 0.3) is 0 Å². The van der Waals surface area contributed by atoms with E-state index in [0.717, 1.165) is 6.07 Å². The van der Waals surface area contributed by atoms with Crippen molar-refractivity contribution >= 4 is 28.7 Å². The fourth-order valence-electron chi connectivity index (χ4n) is 1.59. The quantitative estimate of drug-likeness (QED) is 0.616. The van der Waals surface area contributed by atoms with Crippen LogP contribution in [0.4, 0.5) is 34.6 Å². The molecule has 0 aliphatic rings. The molecule has 2 aromatic rings. The maximum Gasteiger partial charge on any atom is 0.416 e. The molecule has 2 aromatic carbocycles. The van der Waals surface area contributed by atoms with E-state index < -0.39 is 17.6 Å². The number of halogens is 5. The van der Waals surface area contributed by atoms with Gasteiger partial charge in [0.05, 0.1) is 22.6 Å². The third kappa shape index (κ3) is 3.14. The number of anilines is 3. The molecule has 0 aliphatic heterocycles. The van der Waals surface area contributed by atoms with Crippen LogP contribution < -0.4 is 11.1 Å². The molecule has 0 unspecified atom stereocenters. The molecule has 3 N–H and O–H groups in total. The first-order chi connectivity index (χ1) is 9.27. The highest BCUT2D eigenvalue weighted by molar-refractivity contribution is 6.31. The van der Waals surface area contributed by atoms with Gasteiger partial charge in [-0.15, -0.1) is 0 Å². The van der Waals surface area contributed by atoms with Crippen LogP contribution in [0.3, 0.4) is 0 Å². The Balaban J connectivity index is 2.38. The number of nitrogen functional groups attached to an aromatic ring is 1. The van der Waals surface area contributed by atoms with Gasteiger partial charge in [0.25, 0.3) is 0 Å². The van der Waals surface area contributed by atoms with E-state index in [2.05, 4.69) is 5.32 Å². The van der Waals surface area contributed by atoms with Crippen LogP contribution >= 0.6 is 11.6 Å². The lowest BCUT2D eigenvalue weighted by Gasteiger charge is -2.13. The predicted molar refractivity (Wildman–Crippen MR) is 70.5 cm³/mol. The fourth-order valence-corrected chi connectivity index (χ4v) is 1.77. The van der Waals surface area contributed by atoms with E-state index in [1.165, 1.54) is 18.2 Å². The molecule has 20 heavy (non-hydrogen) atoms. The lowest BCUT2D eigenvalue weighted by Crippen LogP contribution is -2.06. The Labute approximate surface area is 117 Å². The highest BCUT2D eigenvalue weighted by Gasteiger charge is 2.31. The Morgan fingerprint density at radius 1 is 1.00 bits per heavy atom. The van der Waals surface area contributed by atoms with Gasteiger partial charge in [-0.05, 0) is 36.4 Å². The Hall–Kier alpha value is -1.95. The Morgan fingerprint density at radius 3 is 2.30 bits per heavy atom. The van der Waals surface area contributed by atoms with Crippen LogP contribution in [0.5, 0.6) is 0 Å². The highest BCUT2D eigenvalue weighted by Crippen LogP contribution is 2.33. The molecule has 7 heteroatoms. The van der Waals surface area contributed by atoms with Gasteiger partial charge in [0, 0.05) is 5.02 Å². The molecule has 106 valence electrons. The van der Waals surface area contributed by atoms with Crippen LogP contribution in [0.1, 0.15) is 5.56 Å². The maximum atomic E-state index is 13.6. The van der Waals surface area contributed by atoms with Crippen molar-refractivity contribution in [2.75, 3.05) is 11.1 Å². The van der Waals surface area contributed by atoms with Gasteiger partial charge >= 0.3 is 6.18 Å². The minimum Gasteiger partial charge on any atom is -0.397 e. The first kappa shape index (κ1) is 14.5. The molecule has 0 aliphatic carbocycles. The van der Waals surface area contributed by atoms with Crippen molar-refractivity contribution in [1.82, 2.24) is 0 Å². The van der Waals surface area contributed by atoms with Gasteiger partial charge in [0.15, 0.2) is 0 Å². The lowest BCUT2D eigenvalue weighted by molar-refractivity contribution is -0.137. The molecule has 0 amide bonds. The van der Waals surface area contributed by atoms with Gasteiger partial charge < -0.3 is 11.1 Å². The zero-order valence-corrected chi connectivity index (χ0v) is 10.7. The zero-order chi connectivity index (χ0) is 14.9. The van der Waals surface area contributed by atoms with Gasteiger partial charge in [-0.25, -0.2) is 4.39 Å². The molecule has 0 radical (unpaired) electrons. The normalized spacial score (nSPS) is 11.4. The van der Waals surface area contributed by atoms with Crippen LogP contribution in [0.2, 0.25) is 5.02 Å². The molecule has 0 bridgehead atoms. The van der Waals surface area contributed by atoms with Gasteiger partial charge in [-0.3, -0.25) is 0 Å². The molecule has 0 saturated carbocycles. The predicted octanol–water partition coefficient (Wildman–Crippen LogP) is 4.82. The van der Waals surface area contributed by atoms with E-state index in [4.69, 9.17) is 17.3 Å². The second-order valence-corrected chi connectivity index (χ2v) is 4.49. The molecule has 0 atom stereocenters. The fraction of sp³-hybridized carbons (Fsp3) is 0.0769. The summed E-state index contributed by atoms with van der Waals surface area (Å²) in [5.74, 6) is -0.813. The smallest absolute Gasteiger partial charge is 0.397 e. The molecule has 0 fully saturated rings. The van der Waals surface area contributed by atoms with Gasteiger partial charge in [-0.1, -0.05) is 11.6 Å². The summed E-state index contributed by atoms with van der Waals surface area (Å²) in [5, 5.41) is 2.89. The second kappa shape index (κ2) is 5.20. The van der Waals surface area contributed by atoms with Crippen molar-refractivity contribution in [3.05, 3.63) is 52.8 Å². The van der Waals surface area contributed by atoms with Crippen LogP contribution in [-0.2, 0) is 6.18 Å². The van der Waals surface area contributed by atoms with Crippen molar-refractivity contribution in [2.45, 2.75) is 6.18 Å². The molecule has 0 aromatic heterocycles.